The van der Waals surface area contributed by atoms with Crippen molar-refractivity contribution in [2.45, 2.75) is 39.0 Å². The fourth-order valence-electron chi connectivity index (χ4n) is 2.49. The van der Waals surface area contributed by atoms with Crippen molar-refractivity contribution in [1.82, 2.24) is 4.90 Å². The molecule has 1 aromatic carbocycles. The molecule has 2 rings (SSSR count). The second kappa shape index (κ2) is 10.3. The van der Waals surface area contributed by atoms with Gasteiger partial charge in [-0.2, -0.15) is 11.3 Å². The molecule has 0 aliphatic heterocycles. The smallest absolute Gasteiger partial charge is 0.305 e. The van der Waals surface area contributed by atoms with Crippen molar-refractivity contribution in [3.8, 4) is 0 Å². The lowest BCUT2D eigenvalue weighted by molar-refractivity contribution is -0.147. The van der Waals surface area contributed by atoms with Crippen molar-refractivity contribution in [2.75, 3.05) is 13.2 Å². The maximum atomic E-state index is 13.1. The van der Waals surface area contributed by atoms with Gasteiger partial charge in [0.15, 0.2) is 0 Å². The van der Waals surface area contributed by atoms with Crippen molar-refractivity contribution in [3.05, 3.63) is 58.0 Å². The van der Waals surface area contributed by atoms with Gasteiger partial charge >= 0.3 is 5.97 Å². The number of esters is 1. The summed E-state index contributed by atoms with van der Waals surface area (Å²) in [6.45, 7) is 3.51. The molecular formula is C19H24FNO3S. The van der Waals surface area contributed by atoms with Gasteiger partial charge in [0.1, 0.15) is 18.5 Å². The number of nitrogens with zero attached hydrogens (tertiary/aromatic N) is 1. The Kier molecular flexibility index (Phi) is 8.04. The molecule has 4 nitrogen and oxygen atoms in total. The molecule has 1 atom stereocenters. The van der Waals surface area contributed by atoms with Gasteiger partial charge in [-0.25, -0.2) is 4.39 Å². The maximum Gasteiger partial charge on any atom is 0.305 e. The Balaban J connectivity index is 1.93. The molecule has 2 aromatic rings. The minimum atomic E-state index is -0.764. The van der Waals surface area contributed by atoms with Crippen LogP contribution in [0.25, 0.3) is 0 Å². The molecule has 0 amide bonds. The van der Waals surface area contributed by atoms with Crippen molar-refractivity contribution in [3.63, 3.8) is 0 Å². The quantitative estimate of drug-likeness (QED) is 0.654. The summed E-state index contributed by atoms with van der Waals surface area (Å²) in [5.74, 6) is -0.555. The lowest BCUT2D eigenvalue weighted by Crippen LogP contribution is -2.34. The molecule has 0 unspecified atom stereocenters. The first kappa shape index (κ1) is 19.6. The van der Waals surface area contributed by atoms with Crippen LogP contribution >= 0.6 is 11.3 Å². The first-order chi connectivity index (χ1) is 12.1. The number of aliphatic hydroxyl groups is 1. The van der Waals surface area contributed by atoms with E-state index in [1.807, 2.05) is 18.4 Å². The van der Waals surface area contributed by atoms with E-state index in [1.54, 1.807) is 23.5 Å². The molecule has 0 bridgehead atoms. The lowest BCUT2D eigenvalue weighted by atomic mass is 10.2. The van der Waals surface area contributed by atoms with Gasteiger partial charge in [-0.3, -0.25) is 9.69 Å². The van der Waals surface area contributed by atoms with E-state index in [-0.39, 0.29) is 18.4 Å². The first-order valence-corrected chi connectivity index (χ1v) is 9.32. The van der Waals surface area contributed by atoms with E-state index in [0.29, 0.717) is 26.1 Å². The van der Waals surface area contributed by atoms with Crippen LogP contribution in [0.1, 0.15) is 30.9 Å². The Morgan fingerprint density at radius 1 is 1.24 bits per heavy atom. The third kappa shape index (κ3) is 7.34. The number of hydrogen-bond acceptors (Lipinski definition) is 5. The highest BCUT2D eigenvalue weighted by Crippen LogP contribution is 2.14. The average molecular weight is 365 g/mol. The molecule has 6 heteroatoms. The first-order valence-electron chi connectivity index (χ1n) is 8.38. The van der Waals surface area contributed by atoms with Gasteiger partial charge in [0, 0.05) is 26.1 Å². The number of thiophene rings is 1. The number of carbonyl (C=O) groups excluding carboxylic acids is 1. The summed E-state index contributed by atoms with van der Waals surface area (Å²) >= 11 is 1.62. The SMILES string of the molecule is CCCC(=O)OC[C@@H](O)CN(Cc1ccc(F)cc1)Cc1ccsc1. The van der Waals surface area contributed by atoms with Crippen LogP contribution < -0.4 is 0 Å². The third-order valence-corrected chi connectivity index (χ3v) is 4.40. The van der Waals surface area contributed by atoms with Gasteiger partial charge in [0.05, 0.1) is 0 Å². The van der Waals surface area contributed by atoms with Gasteiger partial charge in [-0.1, -0.05) is 19.1 Å². The standard InChI is InChI=1S/C19H24FNO3S/c1-2-3-19(23)24-13-18(22)12-21(11-16-8-9-25-14-16)10-15-4-6-17(20)7-5-15/h4-9,14,18,22H,2-3,10-13H2,1H3/t18-/m0/s1. The molecule has 0 aliphatic carbocycles. The Morgan fingerprint density at radius 3 is 2.60 bits per heavy atom. The number of benzene rings is 1. The van der Waals surface area contributed by atoms with Gasteiger partial charge < -0.3 is 9.84 Å². The molecule has 0 aliphatic rings. The Labute approximate surface area is 151 Å². The van der Waals surface area contributed by atoms with E-state index >= 15 is 0 Å². The number of ether oxygens (including phenoxy) is 1. The topological polar surface area (TPSA) is 49.8 Å². The molecular weight excluding hydrogens is 341 g/mol. The normalized spacial score (nSPS) is 12.3. The Morgan fingerprint density at radius 2 is 1.96 bits per heavy atom. The van der Waals surface area contributed by atoms with E-state index in [4.69, 9.17) is 4.74 Å². The summed E-state index contributed by atoms with van der Waals surface area (Å²) in [6, 6.07) is 8.38. The van der Waals surface area contributed by atoms with Crippen LogP contribution in [0.15, 0.2) is 41.1 Å². The van der Waals surface area contributed by atoms with Gasteiger partial charge in [0.25, 0.3) is 0 Å². The van der Waals surface area contributed by atoms with E-state index in [1.165, 1.54) is 12.1 Å². The second-order valence-corrected chi connectivity index (χ2v) is 6.79. The largest absolute Gasteiger partial charge is 0.463 e. The van der Waals surface area contributed by atoms with E-state index in [9.17, 15) is 14.3 Å². The minimum Gasteiger partial charge on any atom is -0.463 e. The molecule has 1 aromatic heterocycles. The molecule has 25 heavy (non-hydrogen) atoms. The van der Waals surface area contributed by atoms with E-state index in [2.05, 4.69) is 10.3 Å². The summed E-state index contributed by atoms with van der Waals surface area (Å²) in [6.07, 6.45) is 0.324. The zero-order valence-corrected chi connectivity index (χ0v) is 15.2. The molecule has 136 valence electrons. The molecule has 0 saturated heterocycles. The van der Waals surface area contributed by atoms with Crippen LogP contribution in [0.2, 0.25) is 0 Å². The van der Waals surface area contributed by atoms with Crippen LogP contribution in [0, 0.1) is 5.82 Å². The highest BCUT2D eigenvalue weighted by atomic mass is 32.1. The molecule has 0 radical (unpaired) electrons. The van der Waals surface area contributed by atoms with Gasteiger partial charge in [-0.05, 0) is 46.5 Å². The Bertz CT molecular complexity index is 631. The van der Waals surface area contributed by atoms with Gasteiger partial charge in [0.2, 0.25) is 0 Å². The Hall–Kier alpha value is -1.76. The molecule has 0 spiro atoms. The summed E-state index contributed by atoms with van der Waals surface area (Å²) in [5.41, 5.74) is 2.12. The molecule has 1 N–H and O–H groups in total. The number of hydrogen-bond donors (Lipinski definition) is 1. The number of rotatable bonds is 10. The van der Waals surface area contributed by atoms with Crippen molar-refractivity contribution in [1.29, 1.82) is 0 Å². The van der Waals surface area contributed by atoms with E-state index < -0.39 is 6.10 Å². The fourth-order valence-corrected chi connectivity index (χ4v) is 3.15. The third-order valence-electron chi connectivity index (χ3n) is 3.67. The van der Waals surface area contributed by atoms with Crippen LogP contribution in [0.5, 0.6) is 0 Å². The predicted octanol–water partition coefficient (Wildman–Crippen LogP) is 3.59. The number of halogens is 1. The number of carbonyl (C=O) groups is 1. The summed E-state index contributed by atoms with van der Waals surface area (Å²) < 4.78 is 18.2. The van der Waals surface area contributed by atoms with Crippen LogP contribution in [0.3, 0.4) is 0 Å². The maximum absolute atomic E-state index is 13.1. The summed E-state index contributed by atoms with van der Waals surface area (Å²) in [4.78, 5) is 13.5. The zero-order chi connectivity index (χ0) is 18.1. The van der Waals surface area contributed by atoms with Crippen LogP contribution in [-0.4, -0.2) is 35.2 Å². The number of aliphatic hydroxyl groups excluding tert-OH is 1. The monoisotopic (exact) mass is 365 g/mol. The molecule has 1 heterocycles. The highest BCUT2D eigenvalue weighted by Gasteiger charge is 2.15. The van der Waals surface area contributed by atoms with E-state index in [0.717, 1.165) is 17.5 Å². The predicted molar refractivity (Wildman–Crippen MR) is 96.7 cm³/mol. The zero-order valence-electron chi connectivity index (χ0n) is 14.4. The van der Waals surface area contributed by atoms with Crippen molar-refractivity contribution < 1.29 is 19.0 Å². The van der Waals surface area contributed by atoms with Crippen LogP contribution in [-0.2, 0) is 22.6 Å². The van der Waals surface area contributed by atoms with Crippen LogP contribution in [0.4, 0.5) is 4.39 Å². The minimum absolute atomic E-state index is 0.0115. The van der Waals surface area contributed by atoms with Crippen molar-refractivity contribution in [2.24, 2.45) is 0 Å². The highest BCUT2D eigenvalue weighted by molar-refractivity contribution is 7.07. The second-order valence-electron chi connectivity index (χ2n) is 6.01. The average Bonchev–Trinajstić information content (AvgIpc) is 3.08. The fraction of sp³-hybridized carbons (Fsp3) is 0.421. The lowest BCUT2D eigenvalue weighted by Gasteiger charge is -2.25. The molecule has 0 saturated carbocycles. The summed E-state index contributed by atoms with van der Waals surface area (Å²) in [7, 11) is 0. The van der Waals surface area contributed by atoms with Gasteiger partial charge in [-0.15, -0.1) is 0 Å². The summed E-state index contributed by atoms with van der Waals surface area (Å²) in [5, 5.41) is 14.3. The molecule has 0 fully saturated rings. The van der Waals surface area contributed by atoms with Crippen molar-refractivity contribution >= 4 is 17.3 Å².